The zero-order chi connectivity index (χ0) is 18.0. The van der Waals surface area contributed by atoms with Crippen LogP contribution >= 0.6 is 39.9 Å². The van der Waals surface area contributed by atoms with Crippen LogP contribution in [0, 0.1) is 5.82 Å². The molecule has 0 aliphatic carbocycles. The van der Waals surface area contributed by atoms with E-state index in [1.807, 2.05) is 0 Å². The van der Waals surface area contributed by atoms with Crippen molar-refractivity contribution in [2.24, 2.45) is 0 Å². The molecular formula is C17H10BrFN2O2S2. The normalized spacial score (nSPS) is 15.8. The monoisotopic (exact) mass is 436 g/mol. The van der Waals surface area contributed by atoms with Crippen LogP contribution in [0.2, 0.25) is 0 Å². The minimum atomic E-state index is -0.431. The molecule has 0 saturated carbocycles. The molecule has 0 unspecified atom stereocenters. The molecule has 0 spiro atoms. The van der Waals surface area contributed by atoms with Gasteiger partial charge in [0.15, 0.2) is 4.32 Å². The highest BCUT2D eigenvalue weighted by atomic mass is 79.9. The third-order valence-electron chi connectivity index (χ3n) is 3.28. The molecule has 2 aromatic rings. The van der Waals surface area contributed by atoms with Crippen LogP contribution in [-0.4, -0.2) is 21.1 Å². The molecule has 1 saturated heterocycles. The molecule has 0 atom stereocenters. The van der Waals surface area contributed by atoms with Gasteiger partial charge in [-0.15, -0.1) is 0 Å². The van der Waals surface area contributed by atoms with Gasteiger partial charge in [0.05, 0.1) is 9.38 Å². The number of carbonyl (C=O) groups is 2. The number of thiocarbonyl (C=S) groups is 1. The largest absolute Gasteiger partial charge is 0.285 e. The number of nitrogens with one attached hydrogen (secondary N) is 1. The third-order valence-corrected chi connectivity index (χ3v) is 5.19. The SMILES string of the molecule is O=C(NN1C(=O)C(=Cc2ccc(F)c(Br)c2)SC1=S)c1ccccc1. The molecule has 1 aliphatic heterocycles. The fourth-order valence-electron chi connectivity index (χ4n) is 2.07. The summed E-state index contributed by atoms with van der Waals surface area (Å²) in [6, 6.07) is 12.9. The number of hydrogen-bond donors (Lipinski definition) is 1. The second kappa shape index (κ2) is 7.47. The minimum absolute atomic E-state index is 0.224. The molecule has 25 heavy (non-hydrogen) atoms. The first kappa shape index (κ1) is 17.8. The van der Waals surface area contributed by atoms with Gasteiger partial charge >= 0.3 is 0 Å². The summed E-state index contributed by atoms with van der Waals surface area (Å²) in [6.45, 7) is 0. The van der Waals surface area contributed by atoms with Crippen molar-refractivity contribution in [2.45, 2.75) is 0 Å². The summed E-state index contributed by atoms with van der Waals surface area (Å²) in [7, 11) is 0. The Morgan fingerprint density at radius 3 is 2.64 bits per heavy atom. The van der Waals surface area contributed by atoms with Crippen molar-refractivity contribution < 1.29 is 14.0 Å². The Morgan fingerprint density at radius 2 is 1.96 bits per heavy atom. The van der Waals surface area contributed by atoms with Crippen LogP contribution in [0.15, 0.2) is 57.9 Å². The zero-order valence-electron chi connectivity index (χ0n) is 12.5. The van der Waals surface area contributed by atoms with E-state index in [-0.39, 0.29) is 10.1 Å². The number of amides is 2. The van der Waals surface area contributed by atoms with Gasteiger partial charge < -0.3 is 0 Å². The Bertz CT molecular complexity index is 903. The molecule has 2 aromatic carbocycles. The predicted octanol–water partition coefficient (Wildman–Crippen LogP) is 4.13. The van der Waals surface area contributed by atoms with Gasteiger partial charge in [-0.05, 0) is 64.1 Å². The van der Waals surface area contributed by atoms with Crippen LogP contribution in [0.1, 0.15) is 15.9 Å². The van der Waals surface area contributed by atoms with Gasteiger partial charge in [0.2, 0.25) is 0 Å². The van der Waals surface area contributed by atoms with E-state index in [1.165, 1.54) is 6.07 Å². The van der Waals surface area contributed by atoms with Gasteiger partial charge in [-0.2, -0.15) is 5.01 Å². The maximum atomic E-state index is 13.3. The van der Waals surface area contributed by atoms with Crippen LogP contribution in [0.5, 0.6) is 0 Å². The summed E-state index contributed by atoms with van der Waals surface area (Å²) in [4.78, 5) is 25.0. The fourth-order valence-corrected chi connectivity index (χ4v) is 3.65. The summed E-state index contributed by atoms with van der Waals surface area (Å²) in [6.07, 6.45) is 1.60. The van der Waals surface area contributed by atoms with Gasteiger partial charge in [-0.1, -0.05) is 36.0 Å². The number of thioether (sulfide) groups is 1. The van der Waals surface area contributed by atoms with Crippen LogP contribution < -0.4 is 5.43 Å². The van der Waals surface area contributed by atoms with E-state index in [4.69, 9.17) is 12.2 Å². The molecule has 1 N–H and O–H groups in total. The molecule has 1 aliphatic rings. The summed E-state index contributed by atoms with van der Waals surface area (Å²) < 4.78 is 13.8. The topological polar surface area (TPSA) is 49.4 Å². The van der Waals surface area contributed by atoms with Crippen LogP contribution in [-0.2, 0) is 4.79 Å². The molecule has 0 aromatic heterocycles. The van der Waals surface area contributed by atoms with Crippen molar-refractivity contribution >= 4 is 62.1 Å². The van der Waals surface area contributed by atoms with Crippen LogP contribution in [0.4, 0.5) is 4.39 Å². The number of carbonyl (C=O) groups excluding carboxylic acids is 2. The maximum absolute atomic E-state index is 13.3. The molecular weight excluding hydrogens is 427 g/mol. The molecule has 8 heteroatoms. The molecule has 1 heterocycles. The molecule has 0 bridgehead atoms. The van der Waals surface area contributed by atoms with E-state index < -0.39 is 11.8 Å². The quantitative estimate of drug-likeness (QED) is 0.580. The lowest BCUT2D eigenvalue weighted by molar-refractivity contribution is -0.123. The van der Waals surface area contributed by atoms with Gasteiger partial charge in [0.1, 0.15) is 5.82 Å². The highest BCUT2D eigenvalue weighted by molar-refractivity contribution is 9.10. The number of hydrazine groups is 1. The Hall–Kier alpha value is -2.03. The average molecular weight is 437 g/mol. The lowest BCUT2D eigenvalue weighted by Gasteiger charge is -2.15. The molecule has 4 nitrogen and oxygen atoms in total. The molecule has 1 fully saturated rings. The fraction of sp³-hybridized carbons (Fsp3) is 0. The standard InChI is InChI=1S/C17H10BrFN2O2S2/c18-12-8-10(6-7-13(12)19)9-14-16(23)21(17(24)25-14)20-15(22)11-4-2-1-3-5-11/h1-9H,(H,20,22). The first-order chi connectivity index (χ1) is 12.0. The lowest BCUT2D eigenvalue weighted by Crippen LogP contribution is -2.44. The molecule has 3 rings (SSSR count). The highest BCUT2D eigenvalue weighted by Gasteiger charge is 2.33. The highest BCUT2D eigenvalue weighted by Crippen LogP contribution is 2.32. The Kier molecular flexibility index (Phi) is 5.31. The summed E-state index contributed by atoms with van der Waals surface area (Å²) in [5.41, 5.74) is 3.56. The van der Waals surface area contributed by atoms with Gasteiger partial charge in [0.25, 0.3) is 11.8 Å². The van der Waals surface area contributed by atoms with E-state index in [0.717, 1.165) is 16.8 Å². The third kappa shape index (κ3) is 3.97. The van der Waals surface area contributed by atoms with Crippen molar-refractivity contribution in [3.63, 3.8) is 0 Å². The second-order valence-corrected chi connectivity index (χ2v) is 7.53. The van der Waals surface area contributed by atoms with Gasteiger partial charge in [-0.25, -0.2) is 4.39 Å². The lowest BCUT2D eigenvalue weighted by atomic mass is 10.2. The Morgan fingerprint density at radius 1 is 1.24 bits per heavy atom. The van der Waals surface area contributed by atoms with Gasteiger partial charge in [-0.3, -0.25) is 15.0 Å². The molecule has 0 radical (unpaired) electrons. The first-order valence-corrected chi connectivity index (χ1v) is 9.06. The summed E-state index contributed by atoms with van der Waals surface area (Å²) >= 11 is 9.34. The second-order valence-electron chi connectivity index (χ2n) is 5.00. The average Bonchev–Trinajstić information content (AvgIpc) is 2.86. The number of hydrogen-bond acceptors (Lipinski definition) is 4. The van der Waals surface area contributed by atoms with E-state index in [9.17, 15) is 14.0 Å². The smallest absolute Gasteiger partial charge is 0.267 e. The number of benzene rings is 2. The van der Waals surface area contributed by atoms with E-state index in [2.05, 4.69) is 21.4 Å². The van der Waals surface area contributed by atoms with E-state index >= 15 is 0 Å². The van der Waals surface area contributed by atoms with Crippen molar-refractivity contribution in [3.05, 3.63) is 74.9 Å². The number of rotatable bonds is 3. The van der Waals surface area contributed by atoms with E-state index in [1.54, 1.807) is 48.5 Å². The number of halogens is 2. The van der Waals surface area contributed by atoms with Crippen molar-refractivity contribution in [1.82, 2.24) is 10.4 Å². The van der Waals surface area contributed by atoms with Crippen molar-refractivity contribution in [1.29, 1.82) is 0 Å². The zero-order valence-corrected chi connectivity index (χ0v) is 15.8. The van der Waals surface area contributed by atoms with Crippen LogP contribution in [0.25, 0.3) is 6.08 Å². The predicted molar refractivity (Wildman–Crippen MR) is 103 cm³/mol. The summed E-state index contributed by atoms with van der Waals surface area (Å²) in [5, 5.41) is 1.04. The molecule has 2 amide bonds. The first-order valence-electron chi connectivity index (χ1n) is 7.05. The number of nitrogens with zero attached hydrogens (tertiary/aromatic N) is 1. The minimum Gasteiger partial charge on any atom is -0.267 e. The Balaban J connectivity index is 1.79. The summed E-state index contributed by atoms with van der Waals surface area (Å²) in [5.74, 6) is -1.25. The Labute approximate surface area is 161 Å². The van der Waals surface area contributed by atoms with Gasteiger partial charge in [0, 0.05) is 5.56 Å². The van der Waals surface area contributed by atoms with Crippen LogP contribution in [0.3, 0.4) is 0 Å². The maximum Gasteiger partial charge on any atom is 0.285 e. The van der Waals surface area contributed by atoms with Crippen molar-refractivity contribution in [3.8, 4) is 0 Å². The van der Waals surface area contributed by atoms with E-state index in [0.29, 0.717) is 20.5 Å². The molecule has 126 valence electrons. The van der Waals surface area contributed by atoms with Crippen molar-refractivity contribution in [2.75, 3.05) is 0 Å².